The van der Waals surface area contributed by atoms with Crippen LogP contribution in [-0.2, 0) is 16.0 Å². The molecule has 36 heavy (non-hydrogen) atoms. The molecule has 0 bridgehead atoms. The fourth-order valence-electron chi connectivity index (χ4n) is 3.69. The van der Waals surface area contributed by atoms with E-state index in [0.717, 1.165) is 22.5 Å². The zero-order valence-corrected chi connectivity index (χ0v) is 19.7. The van der Waals surface area contributed by atoms with E-state index in [-0.39, 0.29) is 11.8 Å². The smallest absolute Gasteiger partial charge is 0.248 e. The first-order valence-corrected chi connectivity index (χ1v) is 11.5. The minimum absolute atomic E-state index is 0.0299. The van der Waals surface area contributed by atoms with E-state index in [1.54, 1.807) is 12.1 Å². The lowest BCUT2D eigenvalue weighted by molar-refractivity contribution is -0.115. The highest BCUT2D eigenvalue weighted by atomic mass is 35.5. The highest BCUT2D eigenvalue weighted by Gasteiger charge is 2.18. The highest BCUT2D eigenvalue weighted by molar-refractivity contribution is 6.33. The van der Waals surface area contributed by atoms with Crippen LogP contribution in [0.2, 0.25) is 5.02 Å². The van der Waals surface area contributed by atoms with Crippen LogP contribution in [0.5, 0.6) is 0 Å². The predicted octanol–water partition coefficient (Wildman–Crippen LogP) is 5.76. The van der Waals surface area contributed by atoms with Crippen molar-refractivity contribution < 1.29 is 9.59 Å². The Kier molecular flexibility index (Phi) is 6.59. The van der Waals surface area contributed by atoms with Gasteiger partial charge in [0.2, 0.25) is 17.8 Å². The quantitative estimate of drug-likeness (QED) is 0.242. The number of carbonyl (C=O) groups excluding carboxylic acids is 2. The van der Waals surface area contributed by atoms with Crippen molar-refractivity contribution in [2.45, 2.75) is 6.42 Å². The van der Waals surface area contributed by atoms with Gasteiger partial charge in [0.05, 0.1) is 24.0 Å². The summed E-state index contributed by atoms with van der Waals surface area (Å²) in [5, 5.41) is 12.3. The maximum Gasteiger partial charge on any atom is 0.248 e. The fourth-order valence-corrected chi connectivity index (χ4v) is 3.83. The summed E-state index contributed by atoms with van der Waals surface area (Å²) in [6, 6.07) is 22.4. The number of nitrogens with one attached hydrogen (secondary N) is 4. The summed E-state index contributed by atoms with van der Waals surface area (Å²) in [5.41, 5.74) is 4.58. The molecule has 0 fully saturated rings. The van der Waals surface area contributed by atoms with Gasteiger partial charge in [-0.05, 0) is 47.5 Å². The summed E-state index contributed by atoms with van der Waals surface area (Å²) >= 11 is 6.36. The van der Waals surface area contributed by atoms with Crippen molar-refractivity contribution in [1.82, 2.24) is 9.97 Å². The molecule has 0 atom stereocenters. The molecule has 0 saturated heterocycles. The summed E-state index contributed by atoms with van der Waals surface area (Å²) in [6.45, 7) is 0. The second-order valence-electron chi connectivity index (χ2n) is 8.02. The zero-order valence-electron chi connectivity index (χ0n) is 19.0. The molecular formula is C27H21ClN6O2. The monoisotopic (exact) mass is 496 g/mol. The molecule has 0 aliphatic carbocycles. The van der Waals surface area contributed by atoms with E-state index < -0.39 is 0 Å². The van der Waals surface area contributed by atoms with Crippen LogP contribution in [0.15, 0.2) is 85.1 Å². The van der Waals surface area contributed by atoms with Crippen molar-refractivity contribution in [1.29, 1.82) is 0 Å². The van der Waals surface area contributed by atoms with Crippen LogP contribution in [-0.4, -0.2) is 21.8 Å². The molecule has 2 amide bonds. The lowest BCUT2D eigenvalue weighted by Gasteiger charge is -2.14. The number of fused-ring (bicyclic) bond motifs is 1. The average Bonchev–Trinajstić information content (AvgIpc) is 3.26. The molecular weight excluding hydrogens is 476 g/mol. The number of nitrogens with zero attached hydrogens (tertiary/aromatic N) is 2. The predicted molar refractivity (Wildman–Crippen MR) is 143 cm³/mol. The number of halogens is 1. The highest BCUT2D eigenvalue weighted by Crippen LogP contribution is 2.30. The third-order valence-electron chi connectivity index (χ3n) is 5.40. The van der Waals surface area contributed by atoms with Crippen LogP contribution < -0.4 is 21.3 Å². The first-order valence-electron chi connectivity index (χ1n) is 11.2. The van der Waals surface area contributed by atoms with E-state index in [2.05, 4.69) is 31.2 Å². The molecule has 1 aromatic heterocycles. The number of benzene rings is 3. The molecule has 9 heteroatoms. The Morgan fingerprint density at radius 3 is 2.58 bits per heavy atom. The molecule has 0 unspecified atom stereocenters. The molecule has 0 saturated carbocycles. The summed E-state index contributed by atoms with van der Waals surface area (Å²) in [4.78, 5) is 32.9. The average molecular weight is 497 g/mol. The lowest BCUT2D eigenvalue weighted by atomic mass is 10.1. The molecule has 178 valence electrons. The minimum Gasteiger partial charge on any atom is -0.337 e. The maximum atomic E-state index is 12.5. The molecule has 3 aromatic carbocycles. The van der Waals surface area contributed by atoms with Gasteiger partial charge in [0.15, 0.2) is 5.82 Å². The number of aromatic nitrogens is 2. The van der Waals surface area contributed by atoms with Gasteiger partial charge < -0.3 is 21.3 Å². The Morgan fingerprint density at radius 2 is 1.75 bits per heavy atom. The number of rotatable bonds is 7. The van der Waals surface area contributed by atoms with Crippen LogP contribution in [0.4, 0.5) is 34.5 Å². The van der Waals surface area contributed by atoms with Crippen molar-refractivity contribution >= 4 is 64.0 Å². The first-order chi connectivity index (χ1) is 17.5. The van der Waals surface area contributed by atoms with Gasteiger partial charge in [-0.2, -0.15) is 4.98 Å². The molecule has 4 N–H and O–H groups in total. The van der Waals surface area contributed by atoms with Crippen molar-refractivity contribution in [3.63, 3.8) is 0 Å². The summed E-state index contributed by atoms with van der Waals surface area (Å²) < 4.78 is 0. The third kappa shape index (κ3) is 5.51. The molecule has 4 aromatic rings. The van der Waals surface area contributed by atoms with Gasteiger partial charge in [0.25, 0.3) is 0 Å². The largest absolute Gasteiger partial charge is 0.337 e. The second kappa shape index (κ2) is 10.3. The maximum absolute atomic E-state index is 12.5. The molecule has 8 nitrogen and oxygen atoms in total. The van der Waals surface area contributed by atoms with Crippen LogP contribution >= 0.6 is 11.6 Å². The van der Waals surface area contributed by atoms with E-state index in [9.17, 15) is 9.59 Å². The molecule has 5 rings (SSSR count). The fraction of sp³-hybridized carbons (Fsp3) is 0.0370. The third-order valence-corrected chi connectivity index (χ3v) is 5.67. The van der Waals surface area contributed by atoms with Gasteiger partial charge in [0.1, 0.15) is 5.02 Å². The van der Waals surface area contributed by atoms with E-state index in [1.807, 2.05) is 66.7 Å². The molecule has 0 radical (unpaired) electrons. The standard InChI is InChI=1S/C27H21ClN6O2/c28-20-16-29-27(30-19-11-12-21-18(14-19)15-25(36)31-21)34-26(20)33-23-9-5-4-8-22(23)32-24(35)13-10-17-6-2-1-3-7-17/h1-14,16H,15H2,(H,31,36)(H,32,35)(H2,29,30,33,34). The molecule has 1 aliphatic rings. The minimum atomic E-state index is -0.270. The van der Waals surface area contributed by atoms with Gasteiger partial charge in [0, 0.05) is 17.5 Å². The van der Waals surface area contributed by atoms with Crippen LogP contribution in [0.3, 0.4) is 0 Å². The van der Waals surface area contributed by atoms with Gasteiger partial charge in [-0.25, -0.2) is 4.98 Å². The van der Waals surface area contributed by atoms with Gasteiger partial charge in [-0.15, -0.1) is 0 Å². The van der Waals surface area contributed by atoms with Gasteiger partial charge >= 0.3 is 0 Å². The number of amides is 2. The van der Waals surface area contributed by atoms with Crippen LogP contribution in [0.1, 0.15) is 11.1 Å². The van der Waals surface area contributed by atoms with Crippen molar-refractivity contribution in [3.05, 3.63) is 101 Å². The molecule has 2 heterocycles. The summed E-state index contributed by atoms with van der Waals surface area (Å²) in [7, 11) is 0. The lowest BCUT2D eigenvalue weighted by Crippen LogP contribution is -2.10. The Hall–Kier alpha value is -4.69. The number of para-hydroxylation sites is 2. The van der Waals surface area contributed by atoms with Crippen molar-refractivity contribution in [3.8, 4) is 0 Å². The van der Waals surface area contributed by atoms with E-state index in [0.29, 0.717) is 34.6 Å². The SMILES string of the molecule is O=C(C=Cc1ccccc1)Nc1ccccc1Nc1nc(Nc2ccc3c(c2)CC(=O)N3)ncc1Cl. The van der Waals surface area contributed by atoms with E-state index in [4.69, 9.17) is 11.6 Å². The van der Waals surface area contributed by atoms with Crippen LogP contribution in [0.25, 0.3) is 6.08 Å². The van der Waals surface area contributed by atoms with E-state index >= 15 is 0 Å². The number of hydrogen-bond donors (Lipinski definition) is 4. The Balaban J connectivity index is 1.31. The Labute approximate surface area is 212 Å². The van der Waals surface area contributed by atoms with Crippen molar-refractivity contribution in [2.24, 2.45) is 0 Å². The van der Waals surface area contributed by atoms with E-state index in [1.165, 1.54) is 12.3 Å². The Morgan fingerprint density at radius 1 is 0.972 bits per heavy atom. The molecule has 1 aliphatic heterocycles. The second-order valence-corrected chi connectivity index (χ2v) is 8.42. The van der Waals surface area contributed by atoms with Gasteiger partial charge in [-0.3, -0.25) is 9.59 Å². The van der Waals surface area contributed by atoms with Gasteiger partial charge in [-0.1, -0.05) is 54.1 Å². The summed E-state index contributed by atoms with van der Waals surface area (Å²) in [5.74, 6) is 0.395. The molecule has 0 spiro atoms. The number of anilines is 6. The Bertz CT molecular complexity index is 1470. The normalized spacial score (nSPS) is 12.2. The van der Waals surface area contributed by atoms with Crippen molar-refractivity contribution in [2.75, 3.05) is 21.3 Å². The number of carbonyl (C=O) groups is 2. The topological polar surface area (TPSA) is 108 Å². The first kappa shape index (κ1) is 23.1. The van der Waals surface area contributed by atoms with Crippen LogP contribution in [0, 0.1) is 0 Å². The summed E-state index contributed by atoms with van der Waals surface area (Å²) in [6.07, 6.45) is 5.05. The zero-order chi connectivity index (χ0) is 24.9. The number of hydrogen-bond acceptors (Lipinski definition) is 6.